The van der Waals surface area contributed by atoms with Crippen LogP contribution in [0.2, 0.25) is 0 Å². The second-order valence-electron chi connectivity index (χ2n) is 7.81. The van der Waals surface area contributed by atoms with Gasteiger partial charge in [0.2, 0.25) is 0 Å². The number of nitriles is 1. The topological polar surface area (TPSA) is 50.1 Å². The molecule has 0 aromatic heterocycles. The molecule has 0 fully saturated rings. The van der Waals surface area contributed by atoms with Crippen molar-refractivity contribution in [2.24, 2.45) is 0 Å². The molecule has 0 radical (unpaired) electrons. The molecule has 0 aliphatic heterocycles. The Morgan fingerprint density at radius 2 is 1.61 bits per heavy atom. The summed E-state index contributed by atoms with van der Waals surface area (Å²) in [5.74, 6) is -0.268. The van der Waals surface area contributed by atoms with Crippen LogP contribution < -0.4 is 0 Å². The minimum absolute atomic E-state index is 0.268. The van der Waals surface area contributed by atoms with E-state index in [-0.39, 0.29) is 5.97 Å². The predicted molar refractivity (Wildman–Crippen MR) is 128 cm³/mol. The van der Waals surface area contributed by atoms with Gasteiger partial charge in [0.1, 0.15) is 4.75 Å². The van der Waals surface area contributed by atoms with Gasteiger partial charge in [0.15, 0.2) is 0 Å². The van der Waals surface area contributed by atoms with E-state index in [1.54, 1.807) is 0 Å². The lowest BCUT2D eigenvalue weighted by Crippen LogP contribution is -2.30. The first-order valence-corrected chi connectivity index (χ1v) is 11.1. The number of hydrogen-bond donors (Lipinski definition) is 0. The molecular formula is C27H23NO2S. The molecule has 0 atom stereocenters. The van der Waals surface area contributed by atoms with Gasteiger partial charge in [-0.3, -0.25) is 4.79 Å². The zero-order chi connectivity index (χ0) is 22.0. The van der Waals surface area contributed by atoms with Gasteiger partial charge >= 0.3 is 5.97 Å². The first-order chi connectivity index (χ1) is 15.0. The zero-order valence-electron chi connectivity index (χ0n) is 17.8. The highest BCUT2D eigenvalue weighted by Gasteiger charge is 2.32. The highest BCUT2D eigenvalue weighted by molar-refractivity contribution is 8.01. The molecule has 0 bridgehead atoms. The first kappa shape index (κ1) is 21.0. The van der Waals surface area contributed by atoms with E-state index in [4.69, 9.17) is 4.74 Å². The molecule has 4 heteroatoms. The summed E-state index contributed by atoms with van der Waals surface area (Å²) in [7, 11) is 0. The van der Waals surface area contributed by atoms with Crippen LogP contribution in [0.3, 0.4) is 0 Å². The van der Waals surface area contributed by atoms with Crippen LogP contribution in [-0.2, 0) is 9.53 Å². The standard InChI is InChI=1S/C27H23NO2S/c1-4-30-26(29)27(2,3)31-24-16-19(17-28)21-13-7-8-14-22(21)25(24)23-15-9-11-18-10-5-6-12-20(18)23/h5-16H,4H2,1-3H3. The average Bonchev–Trinajstić information content (AvgIpc) is 2.78. The molecular weight excluding hydrogens is 402 g/mol. The van der Waals surface area contributed by atoms with E-state index in [1.807, 2.05) is 57.2 Å². The molecule has 4 aromatic rings. The second kappa shape index (κ2) is 8.45. The van der Waals surface area contributed by atoms with Crippen LogP contribution in [0.25, 0.3) is 32.7 Å². The molecule has 3 nitrogen and oxygen atoms in total. The number of fused-ring (bicyclic) bond motifs is 2. The number of esters is 1. The quantitative estimate of drug-likeness (QED) is 0.256. The van der Waals surface area contributed by atoms with Gasteiger partial charge in [0, 0.05) is 15.8 Å². The van der Waals surface area contributed by atoms with E-state index < -0.39 is 4.75 Å². The van der Waals surface area contributed by atoms with Crippen LogP contribution in [-0.4, -0.2) is 17.3 Å². The molecule has 154 valence electrons. The number of thioether (sulfide) groups is 1. The van der Waals surface area contributed by atoms with Gasteiger partial charge in [-0.25, -0.2) is 0 Å². The van der Waals surface area contributed by atoms with Crippen molar-refractivity contribution in [3.63, 3.8) is 0 Å². The van der Waals surface area contributed by atoms with E-state index in [0.29, 0.717) is 12.2 Å². The molecule has 0 unspecified atom stereocenters. The van der Waals surface area contributed by atoms with Crippen LogP contribution in [0.5, 0.6) is 0 Å². The maximum absolute atomic E-state index is 12.6. The molecule has 0 amide bonds. The smallest absolute Gasteiger partial charge is 0.321 e. The molecule has 0 aliphatic rings. The number of carbonyl (C=O) groups is 1. The number of nitrogens with zero attached hydrogens (tertiary/aromatic N) is 1. The predicted octanol–water partition coefficient (Wildman–Crippen LogP) is 6.97. The summed E-state index contributed by atoms with van der Waals surface area (Å²) in [5, 5.41) is 14.0. The Morgan fingerprint density at radius 3 is 2.32 bits per heavy atom. The number of ether oxygens (including phenoxy) is 1. The van der Waals surface area contributed by atoms with Gasteiger partial charge in [-0.05, 0) is 48.6 Å². The fourth-order valence-electron chi connectivity index (χ4n) is 3.87. The Hall–Kier alpha value is -3.29. The Balaban J connectivity index is 2.04. The summed E-state index contributed by atoms with van der Waals surface area (Å²) < 4.78 is 4.51. The maximum atomic E-state index is 12.6. The highest BCUT2D eigenvalue weighted by Crippen LogP contribution is 2.45. The molecule has 0 N–H and O–H groups in total. The second-order valence-corrected chi connectivity index (χ2v) is 9.48. The Morgan fingerprint density at radius 1 is 0.968 bits per heavy atom. The third kappa shape index (κ3) is 3.89. The third-order valence-electron chi connectivity index (χ3n) is 5.32. The fraction of sp³-hybridized carbons (Fsp3) is 0.185. The normalized spacial score (nSPS) is 11.4. The van der Waals surface area contributed by atoms with Gasteiger partial charge < -0.3 is 4.74 Å². The van der Waals surface area contributed by atoms with Crippen LogP contribution >= 0.6 is 11.8 Å². The third-order valence-corrected chi connectivity index (χ3v) is 6.54. The lowest BCUT2D eigenvalue weighted by Gasteiger charge is -2.24. The summed E-state index contributed by atoms with van der Waals surface area (Å²) in [6, 6.07) is 26.7. The van der Waals surface area contributed by atoms with Crippen LogP contribution in [0, 0.1) is 11.3 Å². The SMILES string of the molecule is CCOC(=O)C(C)(C)Sc1cc(C#N)c2ccccc2c1-c1cccc2ccccc12. The van der Waals surface area contributed by atoms with E-state index in [9.17, 15) is 10.1 Å². The summed E-state index contributed by atoms with van der Waals surface area (Å²) in [6.45, 7) is 5.87. The Kier molecular flexibility index (Phi) is 5.71. The number of benzene rings is 4. The van der Waals surface area contributed by atoms with Crippen molar-refractivity contribution in [1.29, 1.82) is 5.26 Å². The average molecular weight is 426 g/mol. The fourth-order valence-corrected chi connectivity index (χ4v) is 5.06. The first-order valence-electron chi connectivity index (χ1n) is 10.3. The van der Waals surface area contributed by atoms with Crippen molar-refractivity contribution in [1.82, 2.24) is 0 Å². The van der Waals surface area contributed by atoms with Gasteiger partial charge in [-0.15, -0.1) is 11.8 Å². The van der Waals surface area contributed by atoms with Crippen LogP contribution in [0.4, 0.5) is 0 Å². The molecule has 31 heavy (non-hydrogen) atoms. The van der Waals surface area contributed by atoms with Crippen molar-refractivity contribution < 1.29 is 9.53 Å². The number of carbonyl (C=O) groups excluding carboxylic acids is 1. The minimum Gasteiger partial charge on any atom is -0.465 e. The van der Waals surface area contributed by atoms with Crippen molar-refractivity contribution in [2.45, 2.75) is 30.4 Å². The zero-order valence-corrected chi connectivity index (χ0v) is 18.6. The Bertz CT molecular complexity index is 1330. The van der Waals surface area contributed by atoms with Crippen molar-refractivity contribution >= 4 is 39.3 Å². The van der Waals surface area contributed by atoms with Crippen LogP contribution in [0.1, 0.15) is 26.3 Å². The molecule has 4 rings (SSSR count). The van der Waals surface area contributed by atoms with Crippen molar-refractivity contribution in [3.8, 4) is 17.2 Å². The van der Waals surface area contributed by atoms with Crippen LogP contribution in [0.15, 0.2) is 77.7 Å². The van der Waals surface area contributed by atoms with Gasteiger partial charge in [-0.2, -0.15) is 5.26 Å². The van der Waals surface area contributed by atoms with Gasteiger partial charge in [-0.1, -0.05) is 66.7 Å². The summed E-state index contributed by atoms with van der Waals surface area (Å²) in [6.07, 6.45) is 0. The Labute approximate surface area is 186 Å². The van der Waals surface area contributed by atoms with E-state index >= 15 is 0 Å². The van der Waals surface area contributed by atoms with Crippen molar-refractivity contribution in [3.05, 3.63) is 78.4 Å². The summed E-state index contributed by atoms with van der Waals surface area (Å²) >= 11 is 1.44. The van der Waals surface area contributed by atoms with Crippen molar-refractivity contribution in [2.75, 3.05) is 6.61 Å². The monoisotopic (exact) mass is 425 g/mol. The lowest BCUT2D eigenvalue weighted by molar-refractivity contribution is -0.145. The molecule has 0 aliphatic carbocycles. The number of hydrogen-bond acceptors (Lipinski definition) is 4. The molecule has 4 aromatic carbocycles. The van der Waals surface area contributed by atoms with E-state index in [1.165, 1.54) is 11.8 Å². The van der Waals surface area contributed by atoms with Gasteiger partial charge in [0.05, 0.1) is 18.2 Å². The van der Waals surface area contributed by atoms with E-state index in [2.05, 4.69) is 42.5 Å². The number of rotatable bonds is 5. The molecule has 0 heterocycles. The minimum atomic E-state index is -0.801. The summed E-state index contributed by atoms with van der Waals surface area (Å²) in [5.41, 5.74) is 2.72. The molecule has 0 spiro atoms. The lowest BCUT2D eigenvalue weighted by atomic mass is 9.92. The van der Waals surface area contributed by atoms with E-state index in [0.717, 1.165) is 37.6 Å². The maximum Gasteiger partial charge on any atom is 0.321 e. The summed E-state index contributed by atoms with van der Waals surface area (Å²) in [4.78, 5) is 13.5. The highest BCUT2D eigenvalue weighted by atomic mass is 32.2. The van der Waals surface area contributed by atoms with Gasteiger partial charge in [0.25, 0.3) is 0 Å². The molecule has 0 saturated carbocycles. The molecule has 0 saturated heterocycles. The largest absolute Gasteiger partial charge is 0.465 e.